The van der Waals surface area contributed by atoms with E-state index in [1.165, 1.54) is 0 Å². The second kappa shape index (κ2) is 5.27. The van der Waals surface area contributed by atoms with Gasteiger partial charge >= 0.3 is 0 Å². The Balaban J connectivity index is 2.17. The fourth-order valence-electron chi connectivity index (χ4n) is 2.53. The molecule has 0 fully saturated rings. The van der Waals surface area contributed by atoms with Gasteiger partial charge in [-0.15, -0.1) is 0 Å². The van der Waals surface area contributed by atoms with Gasteiger partial charge in [-0.25, -0.2) is 0 Å². The molecule has 0 radical (unpaired) electrons. The number of nitrogens with zero attached hydrogens (tertiary/aromatic N) is 2. The Hall–Kier alpha value is -1.84. The van der Waals surface area contributed by atoms with Crippen LogP contribution in [-0.4, -0.2) is 14.9 Å². The van der Waals surface area contributed by atoms with E-state index in [9.17, 15) is 5.11 Å². The molecule has 0 saturated heterocycles. The highest BCUT2D eigenvalue weighted by atomic mass is 35.5. The number of benzene rings is 2. The summed E-state index contributed by atoms with van der Waals surface area (Å²) >= 11 is 6.18. The summed E-state index contributed by atoms with van der Waals surface area (Å²) in [6, 6.07) is 13.9. The molecular formula is C16H15ClN2O. The molecule has 1 atom stereocenters. The predicted molar refractivity (Wildman–Crippen MR) is 80.9 cm³/mol. The van der Waals surface area contributed by atoms with Gasteiger partial charge in [0, 0.05) is 6.54 Å². The molecule has 2 aromatic carbocycles. The molecule has 102 valence electrons. The summed E-state index contributed by atoms with van der Waals surface area (Å²) in [5, 5.41) is 17.5. The summed E-state index contributed by atoms with van der Waals surface area (Å²) in [5.41, 5.74) is 1.49. The number of aromatic nitrogens is 2. The predicted octanol–water partition coefficient (Wildman–Crippen LogP) is 3.79. The van der Waals surface area contributed by atoms with Gasteiger partial charge in [-0.1, -0.05) is 54.1 Å². The van der Waals surface area contributed by atoms with E-state index in [-0.39, 0.29) is 0 Å². The van der Waals surface area contributed by atoms with Crippen LogP contribution in [0.3, 0.4) is 0 Å². The number of aliphatic hydroxyl groups excluding tert-OH is 1. The molecule has 3 aromatic rings. The van der Waals surface area contributed by atoms with Gasteiger partial charge in [0.05, 0.1) is 16.9 Å². The highest BCUT2D eigenvalue weighted by Gasteiger charge is 2.20. The summed E-state index contributed by atoms with van der Waals surface area (Å²) in [6.45, 7) is 2.65. The minimum absolute atomic E-state index is 0.493. The lowest BCUT2D eigenvalue weighted by atomic mass is 9.98. The summed E-state index contributed by atoms with van der Waals surface area (Å²) in [7, 11) is 0. The Bertz CT molecular complexity index is 746. The molecule has 0 aliphatic carbocycles. The minimum Gasteiger partial charge on any atom is -0.382 e. The van der Waals surface area contributed by atoms with Crippen molar-refractivity contribution in [3.8, 4) is 0 Å². The van der Waals surface area contributed by atoms with Gasteiger partial charge in [0.15, 0.2) is 0 Å². The van der Waals surface area contributed by atoms with Crippen LogP contribution < -0.4 is 0 Å². The first-order valence-corrected chi connectivity index (χ1v) is 6.97. The van der Waals surface area contributed by atoms with E-state index in [0.717, 1.165) is 16.3 Å². The van der Waals surface area contributed by atoms with Gasteiger partial charge in [0.1, 0.15) is 6.10 Å². The monoisotopic (exact) mass is 286 g/mol. The molecule has 3 nitrogen and oxygen atoms in total. The Morgan fingerprint density at radius 1 is 1.20 bits per heavy atom. The Morgan fingerprint density at radius 2 is 1.95 bits per heavy atom. The van der Waals surface area contributed by atoms with E-state index < -0.39 is 6.10 Å². The molecule has 3 rings (SSSR count). The van der Waals surface area contributed by atoms with Gasteiger partial charge in [0.2, 0.25) is 0 Å². The van der Waals surface area contributed by atoms with Crippen LogP contribution in [0.2, 0.25) is 5.02 Å². The Morgan fingerprint density at radius 3 is 2.75 bits per heavy atom. The number of fused-ring (bicyclic) bond motifs is 1. The van der Waals surface area contributed by atoms with Crippen LogP contribution in [0.4, 0.5) is 0 Å². The fourth-order valence-corrected chi connectivity index (χ4v) is 2.78. The first-order valence-electron chi connectivity index (χ1n) is 6.59. The third-order valence-corrected chi connectivity index (χ3v) is 3.80. The highest BCUT2D eigenvalue weighted by molar-refractivity contribution is 6.31. The molecule has 0 aliphatic heterocycles. The molecule has 1 heterocycles. The van der Waals surface area contributed by atoms with Crippen LogP contribution in [-0.2, 0) is 6.54 Å². The molecule has 0 saturated carbocycles. The minimum atomic E-state index is -0.781. The number of rotatable bonds is 3. The lowest BCUT2D eigenvalue weighted by Gasteiger charge is -2.15. The first-order chi connectivity index (χ1) is 9.72. The van der Waals surface area contributed by atoms with Gasteiger partial charge < -0.3 is 5.11 Å². The zero-order chi connectivity index (χ0) is 14.1. The molecule has 1 N–H and O–H groups in total. The molecule has 0 aliphatic rings. The van der Waals surface area contributed by atoms with Crippen molar-refractivity contribution in [2.24, 2.45) is 0 Å². The maximum absolute atomic E-state index is 10.7. The van der Waals surface area contributed by atoms with Crippen molar-refractivity contribution in [3.05, 3.63) is 64.9 Å². The zero-order valence-electron chi connectivity index (χ0n) is 11.1. The largest absolute Gasteiger partial charge is 0.382 e. The molecule has 1 unspecified atom stereocenters. The number of halogens is 1. The first kappa shape index (κ1) is 13.2. The van der Waals surface area contributed by atoms with Crippen LogP contribution in [0.25, 0.3) is 10.8 Å². The lowest BCUT2D eigenvalue weighted by molar-refractivity contribution is 0.209. The number of hydrogen-bond donors (Lipinski definition) is 1. The maximum Gasteiger partial charge on any atom is 0.123 e. The summed E-state index contributed by atoms with van der Waals surface area (Å²) in [6.07, 6.45) is 0.797. The van der Waals surface area contributed by atoms with Crippen molar-refractivity contribution in [3.63, 3.8) is 0 Å². The summed E-state index contributed by atoms with van der Waals surface area (Å²) in [4.78, 5) is 0. The van der Waals surface area contributed by atoms with Gasteiger partial charge in [-0.05, 0) is 23.3 Å². The van der Waals surface area contributed by atoms with E-state index in [1.807, 2.05) is 49.4 Å². The molecule has 0 spiro atoms. The topological polar surface area (TPSA) is 38.0 Å². The molecule has 0 amide bonds. The fraction of sp³-hybridized carbons (Fsp3) is 0.188. The van der Waals surface area contributed by atoms with E-state index in [1.54, 1.807) is 10.9 Å². The van der Waals surface area contributed by atoms with Gasteiger partial charge in [-0.2, -0.15) is 5.10 Å². The van der Waals surface area contributed by atoms with Crippen molar-refractivity contribution in [2.75, 3.05) is 0 Å². The van der Waals surface area contributed by atoms with Crippen LogP contribution in [0, 0.1) is 0 Å². The van der Waals surface area contributed by atoms with E-state index in [0.29, 0.717) is 17.3 Å². The lowest BCUT2D eigenvalue weighted by Crippen LogP contribution is -2.10. The van der Waals surface area contributed by atoms with E-state index >= 15 is 0 Å². The number of hydrogen-bond acceptors (Lipinski definition) is 2. The number of aryl methyl sites for hydroxylation is 1. The van der Waals surface area contributed by atoms with Gasteiger partial charge in [0.25, 0.3) is 0 Å². The normalized spacial score (nSPS) is 12.8. The van der Waals surface area contributed by atoms with Crippen LogP contribution in [0.15, 0.2) is 48.7 Å². The van der Waals surface area contributed by atoms with Crippen LogP contribution in [0.1, 0.15) is 24.3 Å². The van der Waals surface area contributed by atoms with Crippen molar-refractivity contribution >= 4 is 22.4 Å². The molecule has 4 heteroatoms. The van der Waals surface area contributed by atoms with E-state index in [4.69, 9.17) is 11.6 Å². The highest BCUT2D eigenvalue weighted by Crippen LogP contribution is 2.32. The van der Waals surface area contributed by atoms with Crippen LogP contribution >= 0.6 is 11.6 Å². The van der Waals surface area contributed by atoms with Crippen molar-refractivity contribution < 1.29 is 5.11 Å². The standard InChI is InChI=1S/C16H15ClN2O/c1-2-19-15(14(17)10-18-19)16(20)13-9-5-7-11-6-3-4-8-12(11)13/h3-10,16,20H,2H2,1H3. The second-order valence-corrected chi connectivity index (χ2v) is 5.07. The van der Waals surface area contributed by atoms with E-state index in [2.05, 4.69) is 5.10 Å². The SMILES string of the molecule is CCn1ncc(Cl)c1C(O)c1cccc2ccccc12. The van der Waals surface area contributed by atoms with Crippen molar-refractivity contribution in [2.45, 2.75) is 19.6 Å². The maximum atomic E-state index is 10.7. The van der Waals surface area contributed by atoms with Crippen LogP contribution in [0.5, 0.6) is 0 Å². The summed E-state index contributed by atoms with van der Waals surface area (Å²) in [5.74, 6) is 0. The van der Waals surface area contributed by atoms with Crippen molar-refractivity contribution in [1.29, 1.82) is 0 Å². The third-order valence-electron chi connectivity index (χ3n) is 3.51. The Kier molecular flexibility index (Phi) is 3.47. The average Bonchev–Trinajstić information content (AvgIpc) is 2.87. The summed E-state index contributed by atoms with van der Waals surface area (Å²) < 4.78 is 1.73. The zero-order valence-corrected chi connectivity index (χ0v) is 11.9. The molecular weight excluding hydrogens is 272 g/mol. The average molecular weight is 287 g/mol. The second-order valence-electron chi connectivity index (χ2n) is 4.66. The molecule has 1 aromatic heterocycles. The smallest absolute Gasteiger partial charge is 0.123 e. The quantitative estimate of drug-likeness (QED) is 0.795. The third kappa shape index (κ3) is 2.09. The molecule has 0 bridgehead atoms. The molecule has 20 heavy (non-hydrogen) atoms. The van der Waals surface area contributed by atoms with Gasteiger partial charge in [-0.3, -0.25) is 4.68 Å². The number of aliphatic hydroxyl groups is 1. The Labute approximate surface area is 122 Å². The van der Waals surface area contributed by atoms with Crippen molar-refractivity contribution in [1.82, 2.24) is 9.78 Å².